The number of carbonyl (C=O) groups excluding carboxylic acids is 1. The summed E-state index contributed by atoms with van der Waals surface area (Å²) in [5.74, 6) is 1.21. The largest absolute Gasteiger partial charge is 0.455 e. The summed E-state index contributed by atoms with van der Waals surface area (Å²) >= 11 is 0. The molecule has 0 aromatic rings. The quantitative estimate of drug-likeness (QED) is 0.579. The Balaban J connectivity index is 2.29. The third-order valence-corrected chi connectivity index (χ3v) is 5.75. The van der Waals surface area contributed by atoms with Crippen LogP contribution in [0.2, 0.25) is 0 Å². The molecule has 4 atom stereocenters. The lowest BCUT2D eigenvalue weighted by molar-refractivity contribution is -0.176. The van der Waals surface area contributed by atoms with E-state index in [0.29, 0.717) is 23.3 Å². The molecule has 3 nitrogen and oxygen atoms in total. The third-order valence-electron chi connectivity index (χ3n) is 5.75. The second-order valence-corrected chi connectivity index (χ2v) is 6.91. The smallest absolute Gasteiger partial charge is 0.333 e. The van der Waals surface area contributed by atoms with Crippen molar-refractivity contribution in [1.82, 2.24) is 0 Å². The molecule has 2 saturated carbocycles. The van der Waals surface area contributed by atoms with Crippen molar-refractivity contribution < 1.29 is 14.3 Å². The molecule has 0 aromatic heterocycles. The van der Waals surface area contributed by atoms with Crippen LogP contribution in [0.15, 0.2) is 12.2 Å². The molecule has 0 amide bonds. The third kappa shape index (κ3) is 1.94. The zero-order valence-electron chi connectivity index (χ0n) is 12.8. The molecule has 19 heavy (non-hydrogen) atoms. The summed E-state index contributed by atoms with van der Waals surface area (Å²) in [5.41, 5.74) is 0.0578. The second kappa shape index (κ2) is 4.62. The van der Waals surface area contributed by atoms with Crippen LogP contribution in [0.3, 0.4) is 0 Å². The molecular formula is C16H26O3. The Morgan fingerprint density at radius 1 is 1.26 bits per heavy atom. The molecular weight excluding hydrogens is 240 g/mol. The van der Waals surface area contributed by atoms with Crippen molar-refractivity contribution in [3.05, 3.63) is 12.2 Å². The predicted octanol–water partition coefficient (Wildman–Crippen LogP) is 3.19. The number of ether oxygens (including phenoxy) is 2. The highest BCUT2D eigenvalue weighted by Gasteiger charge is 2.67. The number of esters is 1. The molecule has 0 N–H and O–H groups in total. The minimum Gasteiger partial charge on any atom is -0.455 e. The fourth-order valence-corrected chi connectivity index (χ4v) is 4.41. The maximum atomic E-state index is 12.0. The van der Waals surface area contributed by atoms with Gasteiger partial charge in [0.15, 0.2) is 0 Å². The van der Waals surface area contributed by atoms with Gasteiger partial charge in [0.25, 0.3) is 0 Å². The molecule has 108 valence electrons. The summed E-state index contributed by atoms with van der Waals surface area (Å²) in [7, 11) is 1.75. The molecule has 4 unspecified atom stereocenters. The van der Waals surface area contributed by atoms with Crippen molar-refractivity contribution >= 4 is 5.97 Å². The van der Waals surface area contributed by atoms with E-state index in [0.717, 1.165) is 13.0 Å². The van der Waals surface area contributed by atoms with Crippen molar-refractivity contribution in [3.8, 4) is 0 Å². The topological polar surface area (TPSA) is 35.5 Å². The van der Waals surface area contributed by atoms with Crippen molar-refractivity contribution in [2.24, 2.45) is 23.2 Å². The van der Waals surface area contributed by atoms with Crippen LogP contribution in [0.1, 0.15) is 40.5 Å². The zero-order chi connectivity index (χ0) is 14.4. The standard InChI is InChI=1S/C16H26O3/c1-10(2)14(17)19-16(5)13-8-7-12(15(16,3)4)11(13)9-18-6/h11-13H,1,7-9H2,2-6H3. The highest BCUT2D eigenvalue weighted by atomic mass is 16.6. The van der Waals surface area contributed by atoms with Gasteiger partial charge in [-0.1, -0.05) is 20.4 Å². The van der Waals surface area contributed by atoms with Gasteiger partial charge in [-0.2, -0.15) is 0 Å². The number of fused-ring (bicyclic) bond motifs is 2. The van der Waals surface area contributed by atoms with E-state index in [4.69, 9.17) is 9.47 Å². The fourth-order valence-electron chi connectivity index (χ4n) is 4.41. The molecule has 3 heteroatoms. The van der Waals surface area contributed by atoms with E-state index in [9.17, 15) is 4.79 Å². The molecule has 2 bridgehead atoms. The van der Waals surface area contributed by atoms with E-state index in [1.165, 1.54) is 6.42 Å². The molecule has 0 heterocycles. The van der Waals surface area contributed by atoms with Gasteiger partial charge in [-0.3, -0.25) is 0 Å². The number of methoxy groups -OCH3 is 1. The van der Waals surface area contributed by atoms with Gasteiger partial charge < -0.3 is 9.47 Å². The molecule has 0 aliphatic heterocycles. The lowest BCUT2D eigenvalue weighted by Gasteiger charge is -2.46. The summed E-state index contributed by atoms with van der Waals surface area (Å²) in [6, 6.07) is 0. The average Bonchev–Trinajstić information content (AvgIpc) is 2.77. The minimum atomic E-state index is -0.408. The molecule has 2 rings (SSSR count). The van der Waals surface area contributed by atoms with Gasteiger partial charge >= 0.3 is 5.97 Å². The van der Waals surface area contributed by atoms with E-state index in [2.05, 4.69) is 27.4 Å². The van der Waals surface area contributed by atoms with E-state index < -0.39 is 5.60 Å². The SMILES string of the molecule is C=C(C)C(=O)OC1(C)C2CCC(C2COC)C1(C)C. The highest BCUT2D eigenvalue weighted by molar-refractivity contribution is 5.87. The second-order valence-electron chi connectivity index (χ2n) is 6.91. The monoisotopic (exact) mass is 266 g/mol. The van der Waals surface area contributed by atoms with E-state index >= 15 is 0 Å². The lowest BCUT2D eigenvalue weighted by atomic mass is 9.66. The minimum absolute atomic E-state index is 0.00970. The van der Waals surface area contributed by atoms with E-state index in [1.807, 2.05) is 0 Å². The maximum Gasteiger partial charge on any atom is 0.333 e. The van der Waals surface area contributed by atoms with Crippen LogP contribution in [-0.2, 0) is 14.3 Å². The first-order valence-corrected chi connectivity index (χ1v) is 7.13. The molecule has 0 aromatic carbocycles. The Morgan fingerprint density at radius 3 is 2.37 bits per heavy atom. The van der Waals surface area contributed by atoms with Crippen LogP contribution in [0.5, 0.6) is 0 Å². The molecule has 0 radical (unpaired) electrons. The fraction of sp³-hybridized carbons (Fsp3) is 0.812. The first kappa shape index (κ1) is 14.6. The maximum absolute atomic E-state index is 12.0. The average molecular weight is 266 g/mol. The van der Waals surface area contributed by atoms with Gasteiger partial charge in [0.1, 0.15) is 5.60 Å². The summed E-state index contributed by atoms with van der Waals surface area (Å²) in [6.45, 7) is 12.7. The Morgan fingerprint density at radius 2 is 1.84 bits per heavy atom. The Kier molecular flexibility index (Phi) is 3.54. The van der Waals surface area contributed by atoms with Crippen LogP contribution in [0.4, 0.5) is 0 Å². The number of hydrogen-bond acceptors (Lipinski definition) is 3. The van der Waals surface area contributed by atoms with Gasteiger partial charge in [-0.25, -0.2) is 4.79 Å². The van der Waals surface area contributed by atoms with Crippen molar-refractivity contribution in [3.63, 3.8) is 0 Å². The van der Waals surface area contributed by atoms with Crippen molar-refractivity contribution in [2.45, 2.75) is 46.1 Å². The lowest BCUT2D eigenvalue weighted by Crippen LogP contribution is -2.50. The zero-order valence-corrected chi connectivity index (χ0v) is 12.8. The number of hydrogen-bond donors (Lipinski definition) is 0. The van der Waals surface area contributed by atoms with Crippen LogP contribution < -0.4 is 0 Å². The van der Waals surface area contributed by atoms with Crippen LogP contribution in [-0.4, -0.2) is 25.3 Å². The summed E-state index contributed by atoms with van der Waals surface area (Å²) < 4.78 is 11.3. The van der Waals surface area contributed by atoms with Gasteiger partial charge in [0.05, 0.1) is 0 Å². The van der Waals surface area contributed by atoms with Gasteiger partial charge in [-0.05, 0) is 38.5 Å². The predicted molar refractivity (Wildman–Crippen MR) is 74.7 cm³/mol. The van der Waals surface area contributed by atoms with Gasteiger partial charge in [-0.15, -0.1) is 0 Å². The molecule has 2 fully saturated rings. The molecule has 2 aliphatic carbocycles. The van der Waals surface area contributed by atoms with E-state index in [-0.39, 0.29) is 11.4 Å². The van der Waals surface area contributed by atoms with Crippen LogP contribution >= 0.6 is 0 Å². The van der Waals surface area contributed by atoms with Crippen LogP contribution in [0.25, 0.3) is 0 Å². The summed E-state index contributed by atoms with van der Waals surface area (Å²) in [6.07, 6.45) is 2.34. The van der Waals surface area contributed by atoms with Gasteiger partial charge in [0, 0.05) is 30.6 Å². The Hall–Kier alpha value is -0.830. The van der Waals surface area contributed by atoms with Crippen molar-refractivity contribution in [1.29, 1.82) is 0 Å². The molecule has 2 aliphatic rings. The first-order valence-electron chi connectivity index (χ1n) is 7.13. The Labute approximate surface area is 116 Å². The molecule has 0 spiro atoms. The number of carbonyl (C=O) groups is 1. The van der Waals surface area contributed by atoms with Crippen molar-refractivity contribution in [2.75, 3.05) is 13.7 Å². The van der Waals surface area contributed by atoms with Crippen LogP contribution in [0, 0.1) is 23.2 Å². The van der Waals surface area contributed by atoms with E-state index in [1.54, 1.807) is 14.0 Å². The number of rotatable bonds is 4. The normalized spacial score (nSPS) is 39.3. The molecule has 0 saturated heterocycles. The van der Waals surface area contributed by atoms with Gasteiger partial charge in [0.2, 0.25) is 0 Å². The summed E-state index contributed by atoms with van der Waals surface area (Å²) in [5, 5.41) is 0. The first-order chi connectivity index (χ1) is 8.75. The highest BCUT2D eigenvalue weighted by Crippen LogP contribution is 2.65. The Bertz CT molecular complexity index is 399. The summed E-state index contributed by atoms with van der Waals surface area (Å²) in [4.78, 5) is 12.0.